The molecule has 1 unspecified atom stereocenters. The molecule has 4 nitrogen and oxygen atoms in total. The Morgan fingerprint density at radius 3 is 2.86 bits per heavy atom. The third-order valence-electron chi connectivity index (χ3n) is 3.98. The molecule has 5 heteroatoms. The monoisotopic (exact) mass is 304 g/mol. The van der Waals surface area contributed by atoms with Crippen molar-refractivity contribution in [1.82, 2.24) is 10.2 Å². The molecule has 1 atom stereocenters. The van der Waals surface area contributed by atoms with Crippen molar-refractivity contribution in [1.29, 1.82) is 0 Å². The summed E-state index contributed by atoms with van der Waals surface area (Å²) >= 11 is 1.75. The van der Waals surface area contributed by atoms with E-state index in [0.717, 1.165) is 18.7 Å². The molecule has 0 aliphatic carbocycles. The van der Waals surface area contributed by atoms with E-state index < -0.39 is 0 Å². The average molecular weight is 304 g/mol. The molecule has 1 aliphatic rings. The van der Waals surface area contributed by atoms with Crippen molar-refractivity contribution in [2.24, 2.45) is 0 Å². The normalized spacial score (nSPS) is 17.0. The summed E-state index contributed by atoms with van der Waals surface area (Å²) in [5, 5.41) is 5.12. The van der Waals surface area contributed by atoms with Crippen LogP contribution in [0.5, 0.6) is 0 Å². The highest BCUT2D eigenvalue weighted by Crippen LogP contribution is 2.27. The number of carbonyl (C=O) groups excluding carboxylic acids is 1. The minimum absolute atomic E-state index is 0.127. The summed E-state index contributed by atoms with van der Waals surface area (Å²) in [5.74, 6) is 0.291. The molecule has 2 aromatic rings. The van der Waals surface area contributed by atoms with Crippen LogP contribution in [0.2, 0.25) is 0 Å². The van der Waals surface area contributed by atoms with Crippen molar-refractivity contribution in [2.45, 2.75) is 25.8 Å². The fraction of sp³-hybridized carbons (Fsp3) is 0.438. The Morgan fingerprint density at radius 1 is 1.43 bits per heavy atom. The Morgan fingerprint density at radius 2 is 2.24 bits per heavy atom. The first-order valence-electron chi connectivity index (χ1n) is 7.35. The second-order valence-electron chi connectivity index (χ2n) is 5.42. The van der Waals surface area contributed by atoms with Gasteiger partial charge in [0.1, 0.15) is 0 Å². The fourth-order valence-electron chi connectivity index (χ4n) is 2.82. The quantitative estimate of drug-likeness (QED) is 0.922. The lowest BCUT2D eigenvalue weighted by molar-refractivity contribution is 0.0910. The smallest absolute Gasteiger partial charge is 0.287 e. The predicted molar refractivity (Wildman–Crippen MR) is 83.6 cm³/mol. The van der Waals surface area contributed by atoms with E-state index in [0.29, 0.717) is 12.3 Å². The van der Waals surface area contributed by atoms with Crippen molar-refractivity contribution in [3.63, 3.8) is 0 Å². The maximum atomic E-state index is 12.2. The van der Waals surface area contributed by atoms with Gasteiger partial charge in [0.25, 0.3) is 5.91 Å². The van der Waals surface area contributed by atoms with Gasteiger partial charge >= 0.3 is 0 Å². The van der Waals surface area contributed by atoms with Gasteiger partial charge in [-0.25, -0.2) is 0 Å². The van der Waals surface area contributed by atoms with Crippen molar-refractivity contribution >= 4 is 17.2 Å². The van der Waals surface area contributed by atoms with Crippen LogP contribution < -0.4 is 5.32 Å². The molecule has 112 valence electrons. The van der Waals surface area contributed by atoms with Crippen LogP contribution in [0.3, 0.4) is 0 Å². The lowest BCUT2D eigenvalue weighted by Crippen LogP contribution is -2.36. The minimum atomic E-state index is -0.127. The third-order valence-corrected chi connectivity index (χ3v) is 4.95. The van der Waals surface area contributed by atoms with Gasteiger partial charge in [0, 0.05) is 17.0 Å². The standard InChI is InChI=1S/C16H20N2O2S/c1-12-6-9-20-15(12)16(19)17-11-13(14-5-4-10-21-14)18-7-2-3-8-18/h4-6,9-10,13H,2-3,7-8,11H2,1H3,(H,17,19). The van der Waals surface area contributed by atoms with Gasteiger partial charge in [0.05, 0.1) is 12.3 Å². The molecule has 1 saturated heterocycles. The highest BCUT2D eigenvalue weighted by molar-refractivity contribution is 7.10. The number of thiophene rings is 1. The molecule has 1 fully saturated rings. The second-order valence-corrected chi connectivity index (χ2v) is 6.40. The molecule has 1 amide bonds. The molecule has 1 N–H and O–H groups in total. The number of likely N-dealkylation sites (tertiary alicyclic amines) is 1. The molecule has 1 aliphatic heterocycles. The van der Waals surface area contributed by atoms with Crippen molar-refractivity contribution < 1.29 is 9.21 Å². The Balaban J connectivity index is 1.67. The van der Waals surface area contributed by atoms with Crippen LogP contribution in [-0.4, -0.2) is 30.4 Å². The maximum absolute atomic E-state index is 12.2. The average Bonchev–Trinajstić information content (AvgIpc) is 3.21. The molecule has 2 aromatic heterocycles. The van der Waals surface area contributed by atoms with E-state index in [2.05, 4.69) is 27.7 Å². The number of furan rings is 1. The summed E-state index contributed by atoms with van der Waals surface area (Å²) in [5.41, 5.74) is 0.876. The second kappa shape index (κ2) is 6.45. The summed E-state index contributed by atoms with van der Waals surface area (Å²) in [6, 6.07) is 6.30. The van der Waals surface area contributed by atoms with Crippen LogP contribution in [0.1, 0.15) is 39.9 Å². The summed E-state index contributed by atoms with van der Waals surface area (Å²) < 4.78 is 5.25. The molecule has 0 bridgehead atoms. The maximum Gasteiger partial charge on any atom is 0.287 e. The van der Waals surface area contributed by atoms with E-state index in [-0.39, 0.29) is 11.9 Å². The summed E-state index contributed by atoms with van der Waals surface area (Å²) in [7, 11) is 0. The molecule has 0 saturated carbocycles. The first-order chi connectivity index (χ1) is 10.3. The summed E-state index contributed by atoms with van der Waals surface area (Å²) in [6.07, 6.45) is 4.04. The summed E-state index contributed by atoms with van der Waals surface area (Å²) in [4.78, 5) is 16.0. The van der Waals surface area contributed by atoms with Crippen LogP contribution in [-0.2, 0) is 0 Å². The Bertz CT molecular complexity index is 585. The highest BCUT2D eigenvalue weighted by Gasteiger charge is 2.25. The zero-order valence-corrected chi connectivity index (χ0v) is 13.0. The van der Waals surface area contributed by atoms with E-state index in [9.17, 15) is 4.79 Å². The fourth-order valence-corrected chi connectivity index (χ4v) is 3.68. The van der Waals surface area contributed by atoms with Crippen LogP contribution in [0.4, 0.5) is 0 Å². The molecule has 3 heterocycles. The van der Waals surface area contributed by atoms with Crippen molar-refractivity contribution in [3.05, 3.63) is 46.0 Å². The van der Waals surface area contributed by atoms with E-state index in [4.69, 9.17) is 4.42 Å². The number of aryl methyl sites for hydroxylation is 1. The number of nitrogens with one attached hydrogen (secondary N) is 1. The SMILES string of the molecule is Cc1ccoc1C(=O)NCC(c1cccs1)N1CCCC1. The van der Waals surface area contributed by atoms with Gasteiger partial charge in [-0.1, -0.05) is 6.07 Å². The molecule has 3 rings (SSSR count). The van der Waals surface area contributed by atoms with Crippen LogP contribution in [0.15, 0.2) is 34.3 Å². The van der Waals surface area contributed by atoms with Gasteiger partial charge in [-0.05, 0) is 50.4 Å². The van der Waals surface area contributed by atoms with Gasteiger partial charge in [0.15, 0.2) is 5.76 Å². The van der Waals surface area contributed by atoms with Gasteiger partial charge in [0.2, 0.25) is 0 Å². The van der Waals surface area contributed by atoms with Gasteiger partial charge in [-0.15, -0.1) is 11.3 Å². The third kappa shape index (κ3) is 3.19. The lowest BCUT2D eigenvalue weighted by Gasteiger charge is -2.26. The molecule has 0 aromatic carbocycles. The largest absolute Gasteiger partial charge is 0.459 e. The Hall–Kier alpha value is -1.59. The first-order valence-corrected chi connectivity index (χ1v) is 8.23. The van der Waals surface area contributed by atoms with E-state index in [1.165, 1.54) is 17.7 Å². The minimum Gasteiger partial charge on any atom is -0.459 e. The number of nitrogens with zero attached hydrogens (tertiary/aromatic N) is 1. The van der Waals surface area contributed by atoms with Gasteiger partial charge in [-0.2, -0.15) is 0 Å². The van der Waals surface area contributed by atoms with Gasteiger partial charge in [-0.3, -0.25) is 9.69 Å². The van der Waals surface area contributed by atoms with Gasteiger partial charge < -0.3 is 9.73 Å². The number of rotatable bonds is 5. The number of hydrogen-bond acceptors (Lipinski definition) is 4. The number of hydrogen-bond donors (Lipinski definition) is 1. The Labute approximate surface area is 128 Å². The first kappa shape index (κ1) is 14.4. The van der Waals surface area contributed by atoms with Crippen molar-refractivity contribution in [3.8, 4) is 0 Å². The topological polar surface area (TPSA) is 45.5 Å². The zero-order chi connectivity index (χ0) is 14.7. The Kier molecular flexibility index (Phi) is 4.41. The lowest BCUT2D eigenvalue weighted by atomic mass is 10.2. The summed E-state index contributed by atoms with van der Waals surface area (Å²) in [6.45, 7) is 4.73. The number of amides is 1. The predicted octanol–water partition coefficient (Wildman–Crippen LogP) is 3.22. The highest BCUT2D eigenvalue weighted by atomic mass is 32.1. The van der Waals surface area contributed by atoms with Crippen LogP contribution in [0, 0.1) is 6.92 Å². The number of carbonyl (C=O) groups is 1. The molecular formula is C16H20N2O2S. The van der Waals surface area contributed by atoms with Crippen LogP contribution in [0.25, 0.3) is 0 Å². The molecule has 0 radical (unpaired) electrons. The van der Waals surface area contributed by atoms with Crippen molar-refractivity contribution in [2.75, 3.05) is 19.6 Å². The van der Waals surface area contributed by atoms with E-state index >= 15 is 0 Å². The van der Waals surface area contributed by atoms with E-state index in [1.807, 2.05) is 13.0 Å². The molecular weight excluding hydrogens is 284 g/mol. The molecule has 21 heavy (non-hydrogen) atoms. The molecule has 0 spiro atoms. The zero-order valence-electron chi connectivity index (χ0n) is 12.2. The van der Waals surface area contributed by atoms with Crippen LogP contribution >= 0.6 is 11.3 Å². The van der Waals surface area contributed by atoms with E-state index in [1.54, 1.807) is 17.6 Å².